The first-order valence-electron chi connectivity index (χ1n) is 16.2. The van der Waals surface area contributed by atoms with Crippen molar-refractivity contribution in [3.63, 3.8) is 0 Å². The van der Waals surface area contributed by atoms with Crippen LogP contribution in [0.15, 0.2) is 48.5 Å². The van der Waals surface area contributed by atoms with Crippen molar-refractivity contribution in [2.45, 2.75) is 96.6 Å². The van der Waals surface area contributed by atoms with Crippen LogP contribution in [-0.2, 0) is 31.6 Å². The first-order chi connectivity index (χ1) is 20.5. The van der Waals surface area contributed by atoms with Crippen LogP contribution < -0.4 is 9.62 Å². The van der Waals surface area contributed by atoms with Crippen molar-refractivity contribution in [1.29, 1.82) is 0 Å². The number of sulfonamides is 1. The van der Waals surface area contributed by atoms with E-state index in [0.717, 1.165) is 48.0 Å². The summed E-state index contributed by atoms with van der Waals surface area (Å²) in [5.74, 6) is 1.86. The van der Waals surface area contributed by atoms with Crippen LogP contribution in [0.5, 0.6) is 0 Å². The molecule has 1 N–H and O–H groups in total. The predicted octanol–water partition coefficient (Wildman–Crippen LogP) is 5.95. The SMILES string of the molecule is CCCCNC(=O)[C@@H](CC)N(Cc1ccc(C)cc1)C(=O)CN(c1ccc(C23CC4CC(CC(C4)C2)C3)cc1)S(C)(=O)=O. The van der Waals surface area contributed by atoms with Gasteiger partial charge in [-0.15, -0.1) is 0 Å². The second-order valence-electron chi connectivity index (χ2n) is 13.6. The predicted molar refractivity (Wildman–Crippen MR) is 172 cm³/mol. The molecule has 4 bridgehead atoms. The van der Waals surface area contributed by atoms with Crippen LogP contribution in [-0.4, -0.2) is 50.5 Å². The van der Waals surface area contributed by atoms with Crippen molar-refractivity contribution in [3.8, 4) is 0 Å². The Morgan fingerprint density at radius 2 is 1.51 bits per heavy atom. The molecule has 0 aromatic heterocycles. The minimum absolute atomic E-state index is 0.206. The Morgan fingerprint density at radius 3 is 2.02 bits per heavy atom. The van der Waals surface area contributed by atoms with Gasteiger partial charge in [-0.3, -0.25) is 13.9 Å². The molecule has 1 atom stereocenters. The first-order valence-corrected chi connectivity index (χ1v) is 18.1. The van der Waals surface area contributed by atoms with Crippen molar-refractivity contribution in [2.24, 2.45) is 17.8 Å². The maximum absolute atomic E-state index is 14.0. The number of aryl methyl sites for hydroxylation is 1. The minimum atomic E-state index is -3.77. The lowest BCUT2D eigenvalue weighted by atomic mass is 9.48. The highest BCUT2D eigenvalue weighted by Gasteiger charge is 2.51. The number of carbonyl (C=O) groups is 2. The summed E-state index contributed by atoms with van der Waals surface area (Å²) in [6.45, 7) is 6.36. The van der Waals surface area contributed by atoms with Crippen LogP contribution in [0.4, 0.5) is 5.69 Å². The molecule has 0 spiro atoms. The van der Waals surface area contributed by atoms with E-state index in [9.17, 15) is 18.0 Å². The quantitative estimate of drug-likeness (QED) is 0.285. The number of anilines is 1. The average molecular weight is 608 g/mol. The third-order valence-corrected chi connectivity index (χ3v) is 11.3. The van der Waals surface area contributed by atoms with E-state index in [2.05, 4.69) is 24.4 Å². The second kappa shape index (κ2) is 13.0. The van der Waals surface area contributed by atoms with Crippen LogP contribution in [0, 0.1) is 24.7 Å². The Kier molecular flexibility index (Phi) is 9.55. The molecule has 0 unspecified atom stereocenters. The molecule has 0 radical (unpaired) electrons. The molecule has 2 amide bonds. The fourth-order valence-corrected chi connectivity index (χ4v) is 9.22. The summed E-state index contributed by atoms with van der Waals surface area (Å²) in [6, 6.07) is 15.1. The van der Waals surface area contributed by atoms with Crippen molar-refractivity contribution in [2.75, 3.05) is 23.7 Å². The zero-order valence-corrected chi connectivity index (χ0v) is 27.2. The monoisotopic (exact) mass is 607 g/mol. The molecule has 0 saturated heterocycles. The topological polar surface area (TPSA) is 86.8 Å². The van der Waals surface area contributed by atoms with E-state index in [1.54, 1.807) is 4.90 Å². The number of rotatable bonds is 13. The molecule has 2 aromatic rings. The molecule has 6 rings (SSSR count). The van der Waals surface area contributed by atoms with E-state index in [-0.39, 0.29) is 24.4 Å². The summed E-state index contributed by atoms with van der Waals surface area (Å²) in [4.78, 5) is 28.8. The van der Waals surface area contributed by atoms with E-state index < -0.39 is 22.0 Å². The van der Waals surface area contributed by atoms with E-state index in [0.29, 0.717) is 18.7 Å². The summed E-state index contributed by atoms with van der Waals surface area (Å²) in [5, 5.41) is 2.98. The van der Waals surface area contributed by atoms with Crippen molar-refractivity contribution < 1.29 is 18.0 Å². The molecule has 2 aromatic carbocycles. The molecule has 4 aliphatic rings. The van der Waals surface area contributed by atoms with Gasteiger partial charge in [0.2, 0.25) is 21.8 Å². The van der Waals surface area contributed by atoms with Crippen LogP contribution in [0.1, 0.15) is 88.3 Å². The molecular weight excluding hydrogens is 558 g/mol. The fraction of sp³-hybridized carbons (Fsp3) is 0.600. The molecule has 0 aliphatic heterocycles. The number of carbonyl (C=O) groups excluding carboxylic acids is 2. The zero-order valence-electron chi connectivity index (χ0n) is 26.3. The number of benzene rings is 2. The van der Waals surface area contributed by atoms with E-state index in [1.807, 2.05) is 50.2 Å². The highest BCUT2D eigenvalue weighted by molar-refractivity contribution is 7.92. The lowest BCUT2D eigenvalue weighted by Gasteiger charge is -2.57. The molecule has 43 heavy (non-hydrogen) atoms. The smallest absolute Gasteiger partial charge is 0.244 e. The van der Waals surface area contributed by atoms with Gasteiger partial charge in [0.1, 0.15) is 12.6 Å². The van der Waals surface area contributed by atoms with Gasteiger partial charge in [-0.1, -0.05) is 62.2 Å². The summed E-state index contributed by atoms with van der Waals surface area (Å²) >= 11 is 0. The fourth-order valence-electron chi connectivity index (χ4n) is 8.38. The third kappa shape index (κ3) is 7.11. The van der Waals surface area contributed by atoms with Gasteiger partial charge in [-0.25, -0.2) is 8.42 Å². The number of hydrogen-bond acceptors (Lipinski definition) is 4. The molecule has 4 saturated carbocycles. The van der Waals surface area contributed by atoms with Gasteiger partial charge in [0.15, 0.2) is 0 Å². The zero-order chi connectivity index (χ0) is 30.8. The highest BCUT2D eigenvalue weighted by Crippen LogP contribution is 2.60. The maximum Gasteiger partial charge on any atom is 0.244 e. The van der Waals surface area contributed by atoms with E-state index in [4.69, 9.17) is 0 Å². The number of amides is 2. The minimum Gasteiger partial charge on any atom is -0.354 e. The van der Waals surface area contributed by atoms with Gasteiger partial charge in [0.25, 0.3) is 0 Å². The molecular formula is C35H49N3O4S. The number of nitrogens with one attached hydrogen (secondary N) is 1. The van der Waals surface area contributed by atoms with Crippen molar-refractivity contribution >= 4 is 27.5 Å². The van der Waals surface area contributed by atoms with Gasteiger partial charge in [-0.05, 0) is 105 Å². The van der Waals surface area contributed by atoms with E-state index in [1.165, 1.54) is 48.4 Å². The van der Waals surface area contributed by atoms with Crippen LogP contribution in [0.2, 0.25) is 0 Å². The Hall–Kier alpha value is -2.87. The molecule has 4 fully saturated rings. The number of unbranched alkanes of at least 4 members (excludes halogenated alkanes) is 1. The summed E-state index contributed by atoms with van der Waals surface area (Å²) in [6.07, 6.45) is 11.2. The molecule has 234 valence electrons. The Balaban J connectivity index is 1.38. The van der Waals surface area contributed by atoms with Crippen LogP contribution in [0.25, 0.3) is 0 Å². The molecule has 0 heterocycles. The Labute approximate surface area is 258 Å². The van der Waals surface area contributed by atoms with Crippen LogP contribution in [0.3, 0.4) is 0 Å². The average Bonchev–Trinajstić information content (AvgIpc) is 2.95. The van der Waals surface area contributed by atoms with E-state index >= 15 is 0 Å². The Morgan fingerprint density at radius 1 is 0.930 bits per heavy atom. The second-order valence-corrected chi connectivity index (χ2v) is 15.5. The number of nitrogens with zero attached hydrogens (tertiary/aromatic N) is 2. The van der Waals surface area contributed by atoms with Gasteiger partial charge < -0.3 is 10.2 Å². The summed E-state index contributed by atoms with van der Waals surface area (Å²) in [5.41, 5.74) is 4.00. The highest BCUT2D eigenvalue weighted by atomic mass is 32.2. The first kappa shape index (κ1) is 31.6. The lowest BCUT2D eigenvalue weighted by Crippen LogP contribution is -2.52. The summed E-state index contributed by atoms with van der Waals surface area (Å²) in [7, 11) is -3.77. The lowest BCUT2D eigenvalue weighted by molar-refractivity contribution is -0.140. The van der Waals surface area contributed by atoms with Gasteiger partial charge in [0, 0.05) is 13.1 Å². The standard InChI is InChI=1S/C35H49N3O4S/c1-5-7-16-36-34(40)32(6-2)37(23-26-10-8-25(3)9-11-26)33(39)24-38(43(4,41)42)31-14-12-30(13-15-31)35-20-27-17-28(21-35)19-29(18-27)22-35/h8-15,27-29,32H,5-7,16-24H2,1-4H3,(H,36,40)/t27?,28?,29?,32-,35?/m1/s1. The van der Waals surface area contributed by atoms with Gasteiger partial charge >= 0.3 is 0 Å². The van der Waals surface area contributed by atoms with Crippen molar-refractivity contribution in [1.82, 2.24) is 10.2 Å². The maximum atomic E-state index is 14.0. The Bertz CT molecular complexity index is 1350. The van der Waals surface area contributed by atoms with Crippen LogP contribution >= 0.6 is 0 Å². The number of hydrogen-bond donors (Lipinski definition) is 1. The molecule has 8 heteroatoms. The molecule has 7 nitrogen and oxygen atoms in total. The normalized spacial score (nSPS) is 24.9. The van der Waals surface area contributed by atoms with Gasteiger partial charge in [-0.2, -0.15) is 0 Å². The van der Waals surface area contributed by atoms with Crippen molar-refractivity contribution in [3.05, 3.63) is 65.2 Å². The largest absolute Gasteiger partial charge is 0.354 e. The van der Waals surface area contributed by atoms with Gasteiger partial charge in [0.05, 0.1) is 11.9 Å². The summed E-state index contributed by atoms with van der Waals surface area (Å²) < 4.78 is 27.4. The third-order valence-electron chi connectivity index (χ3n) is 10.2. The molecule has 4 aliphatic carbocycles.